The molecule has 7 rings (SSSR count). The number of hydrogen-bond donors (Lipinski definition) is 0. The fourth-order valence-corrected chi connectivity index (χ4v) is 7.44. The molecule has 0 saturated heterocycles. The molecule has 0 aliphatic heterocycles. The van der Waals surface area contributed by atoms with Gasteiger partial charge in [-0.05, 0) is 121 Å². The minimum atomic E-state index is -0.102. The van der Waals surface area contributed by atoms with E-state index in [1.807, 2.05) is 6.20 Å². The summed E-state index contributed by atoms with van der Waals surface area (Å²) in [5, 5.41) is 7.52. The molecule has 0 N–H and O–H groups in total. The van der Waals surface area contributed by atoms with Crippen LogP contribution in [0, 0.1) is 27.7 Å². The maximum atomic E-state index is 6.79. The first-order valence-electron chi connectivity index (χ1n) is 18.1. The molecule has 0 saturated carbocycles. The Morgan fingerprint density at radius 1 is 0.647 bits per heavy atom. The number of pyridine rings is 1. The minimum Gasteiger partial charge on any atom is -0.457 e. The third kappa shape index (κ3) is 6.24. The summed E-state index contributed by atoms with van der Waals surface area (Å²) in [4.78, 5) is 4.80. The minimum absolute atomic E-state index is 0.0875. The van der Waals surface area contributed by atoms with Crippen molar-refractivity contribution in [3.8, 4) is 34.1 Å². The maximum absolute atomic E-state index is 6.79. The van der Waals surface area contributed by atoms with E-state index in [2.05, 4.69) is 170 Å². The Morgan fingerprint density at radius 3 is 2.00 bits per heavy atom. The highest BCUT2D eigenvalue weighted by atomic mass is 16.5. The highest BCUT2D eigenvalue weighted by molar-refractivity contribution is 6.09. The summed E-state index contributed by atoms with van der Waals surface area (Å²) < 4.78 is 11.1. The first-order valence-corrected chi connectivity index (χ1v) is 18.1. The van der Waals surface area contributed by atoms with Crippen molar-refractivity contribution in [1.29, 1.82) is 0 Å². The molecule has 0 fully saturated rings. The largest absolute Gasteiger partial charge is 0.457 e. The molecule has 0 atom stereocenters. The second kappa shape index (κ2) is 12.6. The summed E-state index contributed by atoms with van der Waals surface area (Å²) in [5.74, 6) is 2.46. The topological polar surface area (TPSA) is 44.9 Å². The number of fused-ring (bicyclic) bond motifs is 3. The number of ether oxygens (including phenoxy) is 1. The van der Waals surface area contributed by atoms with Crippen LogP contribution in [0.25, 0.3) is 44.4 Å². The van der Waals surface area contributed by atoms with Gasteiger partial charge in [0.2, 0.25) is 0 Å². The first-order chi connectivity index (χ1) is 24.1. The first kappa shape index (κ1) is 34.3. The van der Waals surface area contributed by atoms with Crippen LogP contribution in [0.4, 0.5) is 0 Å². The van der Waals surface area contributed by atoms with Crippen molar-refractivity contribution in [2.24, 2.45) is 0 Å². The highest BCUT2D eigenvalue weighted by Crippen LogP contribution is 2.39. The molecule has 0 amide bonds. The van der Waals surface area contributed by atoms with Gasteiger partial charge in [-0.3, -0.25) is 4.57 Å². The van der Waals surface area contributed by atoms with Crippen LogP contribution in [0.5, 0.6) is 11.5 Å². The van der Waals surface area contributed by atoms with Crippen LogP contribution in [0.1, 0.15) is 87.7 Å². The number of aromatic nitrogens is 4. The lowest BCUT2D eigenvalue weighted by molar-refractivity contribution is 0.478. The van der Waals surface area contributed by atoms with E-state index in [0.717, 1.165) is 51.8 Å². The van der Waals surface area contributed by atoms with Crippen molar-refractivity contribution in [3.05, 3.63) is 130 Å². The van der Waals surface area contributed by atoms with Crippen LogP contribution < -0.4 is 4.74 Å². The molecule has 3 heterocycles. The van der Waals surface area contributed by atoms with Crippen LogP contribution in [-0.2, 0) is 17.3 Å². The molecule has 260 valence electrons. The van der Waals surface area contributed by atoms with Crippen LogP contribution in [-0.4, -0.2) is 19.3 Å². The molecule has 7 aromatic rings. The lowest BCUT2D eigenvalue weighted by Gasteiger charge is -2.23. The van der Waals surface area contributed by atoms with Crippen molar-refractivity contribution >= 4 is 21.8 Å². The fraction of sp³-hybridized carbons (Fsp3) is 0.304. The summed E-state index contributed by atoms with van der Waals surface area (Å²) in [5.41, 5.74) is 14.1. The molecule has 0 aliphatic carbocycles. The molecular formula is C46H50N4O. The summed E-state index contributed by atoms with van der Waals surface area (Å²) in [6, 6.07) is 30.4. The number of aryl methyl sites for hydroxylation is 4. The summed E-state index contributed by atoms with van der Waals surface area (Å²) >= 11 is 0. The maximum Gasteiger partial charge on any atom is 0.137 e. The van der Waals surface area contributed by atoms with Crippen molar-refractivity contribution in [2.75, 3.05) is 0 Å². The molecule has 0 aliphatic rings. The van der Waals surface area contributed by atoms with Gasteiger partial charge in [0.1, 0.15) is 17.3 Å². The van der Waals surface area contributed by atoms with E-state index in [0.29, 0.717) is 0 Å². The Labute approximate surface area is 302 Å². The smallest absolute Gasteiger partial charge is 0.137 e. The summed E-state index contributed by atoms with van der Waals surface area (Å²) in [7, 11) is 0. The average molecular weight is 675 g/mol. The lowest BCUT2D eigenvalue weighted by atomic mass is 9.82. The standard InChI is InChI=1S/C46H50N4O/c1-12-32-19-20-47-42(23-32)49-40-16-14-13-15-38(40)39-18-17-36(27-41(39)49)51-37-25-34(46(9,10)11)24-35(26-37)50-31(5)44(30(4)48-50)43-28(2)21-33(22-29(43)3)45(6,7)8/h13-27H,12H2,1-11H3. The second-order valence-corrected chi connectivity index (χ2v) is 16.2. The Bertz CT molecular complexity index is 2420. The fourth-order valence-electron chi connectivity index (χ4n) is 7.44. The van der Waals surface area contributed by atoms with E-state index in [1.165, 1.54) is 49.7 Å². The van der Waals surface area contributed by atoms with E-state index in [1.54, 1.807) is 0 Å². The predicted molar refractivity (Wildman–Crippen MR) is 213 cm³/mol. The second-order valence-electron chi connectivity index (χ2n) is 16.2. The molecule has 5 nitrogen and oxygen atoms in total. The van der Waals surface area contributed by atoms with Gasteiger partial charge >= 0.3 is 0 Å². The molecule has 0 bridgehead atoms. The van der Waals surface area contributed by atoms with E-state index < -0.39 is 0 Å². The average Bonchev–Trinajstić information content (AvgIpc) is 3.56. The summed E-state index contributed by atoms with van der Waals surface area (Å²) in [6.45, 7) is 24.5. The van der Waals surface area contributed by atoms with E-state index >= 15 is 0 Å². The zero-order valence-corrected chi connectivity index (χ0v) is 32.1. The Kier molecular flexibility index (Phi) is 8.45. The number of rotatable bonds is 6. The molecule has 4 aromatic carbocycles. The van der Waals surface area contributed by atoms with Crippen LogP contribution in [0.2, 0.25) is 0 Å². The van der Waals surface area contributed by atoms with Crippen molar-refractivity contribution < 1.29 is 4.74 Å². The molecule has 3 aromatic heterocycles. The van der Waals surface area contributed by atoms with Gasteiger partial charge in [-0.15, -0.1) is 0 Å². The van der Waals surface area contributed by atoms with E-state index in [-0.39, 0.29) is 10.8 Å². The third-order valence-corrected chi connectivity index (χ3v) is 10.3. The van der Waals surface area contributed by atoms with Gasteiger partial charge < -0.3 is 4.74 Å². The van der Waals surface area contributed by atoms with Gasteiger partial charge in [0.25, 0.3) is 0 Å². The highest BCUT2D eigenvalue weighted by Gasteiger charge is 2.24. The van der Waals surface area contributed by atoms with Gasteiger partial charge in [0.05, 0.1) is 22.4 Å². The molecule has 5 heteroatoms. The van der Waals surface area contributed by atoms with Gasteiger partial charge in [-0.25, -0.2) is 9.67 Å². The number of nitrogens with zero attached hydrogens (tertiary/aromatic N) is 4. The quantitative estimate of drug-likeness (QED) is 0.176. The normalized spacial score (nSPS) is 12.3. The van der Waals surface area contributed by atoms with Crippen LogP contribution in [0.15, 0.2) is 91.1 Å². The Morgan fingerprint density at radius 2 is 1.31 bits per heavy atom. The van der Waals surface area contributed by atoms with Crippen LogP contribution in [0.3, 0.4) is 0 Å². The third-order valence-electron chi connectivity index (χ3n) is 10.3. The van der Waals surface area contributed by atoms with Crippen LogP contribution >= 0.6 is 0 Å². The van der Waals surface area contributed by atoms with Crippen molar-refractivity contribution in [3.63, 3.8) is 0 Å². The van der Waals surface area contributed by atoms with Crippen molar-refractivity contribution in [1.82, 2.24) is 19.3 Å². The summed E-state index contributed by atoms with van der Waals surface area (Å²) in [6.07, 6.45) is 2.86. The van der Waals surface area contributed by atoms with Gasteiger partial charge in [0, 0.05) is 40.4 Å². The van der Waals surface area contributed by atoms with Gasteiger partial charge in [-0.2, -0.15) is 5.10 Å². The zero-order chi connectivity index (χ0) is 36.4. The van der Waals surface area contributed by atoms with Gasteiger partial charge in [0.15, 0.2) is 0 Å². The van der Waals surface area contributed by atoms with E-state index in [4.69, 9.17) is 14.8 Å². The van der Waals surface area contributed by atoms with Gasteiger partial charge in [-0.1, -0.05) is 78.8 Å². The zero-order valence-electron chi connectivity index (χ0n) is 32.1. The Hall–Kier alpha value is -5.16. The number of benzene rings is 4. The molecule has 0 radical (unpaired) electrons. The molecule has 0 spiro atoms. The SMILES string of the molecule is CCc1ccnc(-n2c3ccccc3c3ccc(Oc4cc(-n5nc(C)c(-c6c(C)cc(C(C)(C)C)cc6C)c5C)cc(C(C)(C)C)c4)cc32)c1. The Balaban J connectivity index is 1.34. The molecule has 51 heavy (non-hydrogen) atoms. The van der Waals surface area contributed by atoms with E-state index in [9.17, 15) is 0 Å². The molecule has 0 unspecified atom stereocenters. The number of hydrogen-bond acceptors (Lipinski definition) is 3. The van der Waals surface area contributed by atoms with Crippen molar-refractivity contribution in [2.45, 2.75) is 93.4 Å². The lowest BCUT2D eigenvalue weighted by Crippen LogP contribution is -2.13. The molecular weight excluding hydrogens is 625 g/mol. The predicted octanol–water partition coefficient (Wildman–Crippen LogP) is 12.2. The monoisotopic (exact) mass is 674 g/mol. The number of para-hydroxylation sites is 1.